The topological polar surface area (TPSA) is 52.3 Å². The van der Waals surface area contributed by atoms with Crippen LogP contribution in [0.25, 0.3) is 0 Å². The number of rotatable bonds is 18. The monoisotopic (exact) mass is 355 g/mol. The fraction of sp³-hybridized carbons (Fsp3) is 0.955. The lowest BCUT2D eigenvalue weighted by Crippen LogP contribution is -2.33. The summed E-state index contributed by atoms with van der Waals surface area (Å²) in [6.07, 6.45) is 19.4. The van der Waals surface area contributed by atoms with Crippen LogP contribution in [0.3, 0.4) is 0 Å². The van der Waals surface area contributed by atoms with Crippen LogP contribution in [-0.4, -0.2) is 18.6 Å². The Balaban J connectivity index is 3.20. The van der Waals surface area contributed by atoms with Crippen LogP contribution in [0, 0.1) is 5.92 Å². The average molecular weight is 356 g/mol. The molecule has 2 N–H and O–H groups in total. The van der Waals surface area contributed by atoms with Gasteiger partial charge < -0.3 is 10.5 Å². The molecule has 0 aromatic carbocycles. The SMILES string of the molecule is CCCCCCCCCCCCCCCCOC(=O)[C@@H](N)CC(C)C. The number of nitrogens with two attached hydrogens (primary N) is 1. The fourth-order valence-corrected chi connectivity index (χ4v) is 3.18. The standard InChI is InChI=1S/C22H45NO2/c1-4-5-6-7-8-9-10-11-12-13-14-15-16-17-18-25-22(24)21(23)19-20(2)3/h20-21H,4-19,23H2,1-3H3/t21-/m0/s1. The third-order valence-electron chi connectivity index (χ3n) is 4.77. The summed E-state index contributed by atoms with van der Waals surface area (Å²) in [5, 5.41) is 0. The number of unbranched alkanes of at least 4 members (excludes halogenated alkanes) is 13. The predicted octanol–water partition coefficient (Wildman–Crippen LogP) is 6.38. The van der Waals surface area contributed by atoms with Gasteiger partial charge >= 0.3 is 5.97 Å². The molecule has 25 heavy (non-hydrogen) atoms. The molecule has 0 radical (unpaired) electrons. The minimum absolute atomic E-state index is 0.233. The van der Waals surface area contributed by atoms with Gasteiger partial charge in [-0.2, -0.15) is 0 Å². The van der Waals surface area contributed by atoms with Crippen molar-refractivity contribution in [3.63, 3.8) is 0 Å². The molecule has 0 saturated heterocycles. The Labute approximate surface area is 157 Å². The highest BCUT2D eigenvalue weighted by Crippen LogP contribution is 2.13. The van der Waals surface area contributed by atoms with Gasteiger partial charge in [0.15, 0.2) is 0 Å². The molecule has 3 heteroatoms. The van der Waals surface area contributed by atoms with Crippen molar-refractivity contribution in [2.45, 2.75) is 123 Å². The highest BCUT2D eigenvalue weighted by molar-refractivity contribution is 5.75. The van der Waals surface area contributed by atoms with E-state index in [4.69, 9.17) is 10.5 Å². The van der Waals surface area contributed by atoms with Gasteiger partial charge in [0.1, 0.15) is 6.04 Å². The highest BCUT2D eigenvalue weighted by Gasteiger charge is 2.15. The molecule has 3 nitrogen and oxygen atoms in total. The summed E-state index contributed by atoms with van der Waals surface area (Å²) in [5.74, 6) is 0.201. The van der Waals surface area contributed by atoms with Crippen molar-refractivity contribution >= 4 is 5.97 Å². The molecule has 0 rings (SSSR count). The Morgan fingerprint density at radius 2 is 1.16 bits per heavy atom. The van der Waals surface area contributed by atoms with Gasteiger partial charge in [-0.05, 0) is 18.8 Å². The first-order valence-electron chi connectivity index (χ1n) is 11.0. The summed E-state index contributed by atoms with van der Waals surface area (Å²) in [4.78, 5) is 11.7. The summed E-state index contributed by atoms with van der Waals surface area (Å²) >= 11 is 0. The summed E-state index contributed by atoms with van der Waals surface area (Å²) in [5.41, 5.74) is 5.80. The molecule has 0 fully saturated rings. The number of esters is 1. The lowest BCUT2D eigenvalue weighted by Gasteiger charge is -2.13. The van der Waals surface area contributed by atoms with Crippen LogP contribution in [0.1, 0.15) is 117 Å². The molecule has 0 aromatic heterocycles. The normalized spacial score (nSPS) is 12.5. The van der Waals surface area contributed by atoms with E-state index in [9.17, 15) is 4.79 Å². The largest absolute Gasteiger partial charge is 0.465 e. The smallest absolute Gasteiger partial charge is 0.322 e. The maximum atomic E-state index is 11.7. The summed E-state index contributed by atoms with van der Waals surface area (Å²) < 4.78 is 5.25. The maximum absolute atomic E-state index is 11.7. The number of carbonyl (C=O) groups is 1. The van der Waals surface area contributed by atoms with E-state index < -0.39 is 6.04 Å². The highest BCUT2D eigenvalue weighted by atomic mass is 16.5. The van der Waals surface area contributed by atoms with E-state index in [0.717, 1.165) is 12.8 Å². The number of hydrogen-bond donors (Lipinski definition) is 1. The first kappa shape index (κ1) is 24.4. The quantitative estimate of drug-likeness (QED) is 0.229. The van der Waals surface area contributed by atoms with Crippen LogP contribution >= 0.6 is 0 Å². The Bertz CT molecular complexity index is 292. The van der Waals surface area contributed by atoms with Gasteiger partial charge in [-0.3, -0.25) is 4.79 Å². The number of hydrogen-bond acceptors (Lipinski definition) is 3. The zero-order valence-electron chi connectivity index (χ0n) is 17.4. The van der Waals surface area contributed by atoms with Crippen LogP contribution in [-0.2, 0) is 9.53 Å². The zero-order valence-corrected chi connectivity index (χ0v) is 17.4. The zero-order chi connectivity index (χ0) is 18.8. The van der Waals surface area contributed by atoms with E-state index in [1.165, 1.54) is 77.0 Å². The summed E-state index contributed by atoms with van der Waals surface area (Å²) in [7, 11) is 0. The van der Waals surface area contributed by atoms with Crippen molar-refractivity contribution < 1.29 is 9.53 Å². The van der Waals surface area contributed by atoms with Crippen LogP contribution in [0.2, 0.25) is 0 Å². The van der Waals surface area contributed by atoms with Crippen molar-refractivity contribution in [1.29, 1.82) is 0 Å². The molecular formula is C22H45NO2. The molecule has 0 saturated carbocycles. The van der Waals surface area contributed by atoms with E-state index in [0.29, 0.717) is 18.9 Å². The molecule has 0 aliphatic carbocycles. The molecule has 1 atom stereocenters. The van der Waals surface area contributed by atoms with E-state index in [1.54, 1.807) is 0 Å². The molecule has 0 bridgehead atoms. The molecular weight excluding hydrogens is 310 g/mol. The van der Waals surface area contributed by atoms with Crippen LogP contribution in [0.15, 0.2) is 0 Å². The maximum Gasteiger partial charge on any atom is 0.322 e. The first-order chi connectivity index (χ1) is 12.1. The third kappa shape index (κ3) is 18.0. The second-order valence-electron chi connectivity index (χ2n) is 8.00. The van der Waals surface area contributed by atoms with E-state index in [1.807, 2.05) is 0 Å². The number of carbonyl (C=O) groups excluding carboxylic acids is 1. The van der Waals surface area contributed by atoms with Gasteiger partial charge in [0.2, 0.25) is 0 Å². The third-order valence-corrected chi connectivity index (χ3v) is 4.77. The molecule has 0 spiro atoms. The van der Waals surface area contributed by atoms with Crippen molar-refractivity contribution in [3.8, 4) is 0 Å². The Kier molecular flexibility index (Phi) is 17.8. The molecule has 0 unspecified atom stereocenters. The second kappa shape index (κ2) is 18.2. The van der Waals surface area contributed by atoms with Gasteiger partial charge in [0, 0.05) is 0 Å². The Hall–Kier alpha value is -0.570. The minimum Gasteiger partial charge on any atom is -0.465 e. The van der Waals surface area contributed by atoms with Crippen molar-refractivity contribution in [3.05, 3.63) is 0 Å². The Morgan fingerprint density at radius 1 is 0.760 bits per heavy atom. The van der Waals surface area contributed by atoms with Gasteiger partial charge in [0.25, 0.3) is 0 Å². The van der Waals surface area contributed by atoms with Gasteiger partial charge in [-0.15, -0.1) is 0 Å². The summed E-state index contributed by atoms with van der Waals surface area (Å²) in [6.45, 7) is 6.94. The number of ether oxygens (including phenoxy) is 1. The average Bonchev–Trinajstić information content (AvgIpc) is 2.57. The van der Waals surface area contributed by atoms with Crippen LogP contribution in [0.5, 0.6) is 0 Å². The molecule has 150 valence electrons. The van der Waals surface area contributed by atoms with E-state index in [2.05, 4.69) is 20.8 Å². The van der Waals surface area contributed by atoms with E-state index in [-0.39, 0.29) is 5.97 Å². The molecule has 0 aliphatic rings. The molecule has 0 heterocycles. The molecule has 0 aliphatic heterocycles. The van der Waals surface area contributed by atoms with E-state index >= 15 is 0 Å². The summed E-state index contributed by atoms with van der Waals surface area (Å²) in [6, 6.07) is -0.452. The Morgan fingerprint density at radius 3 is 1.56 bits per heavy atom. The van der Waals surface area contributed by atoms with Crippen molar-refractivity contribution in [2.24, 2.45) is 11.7 Å². The minimum atomic E-state index is -0.452. The van der Waals surface area contributed by atoms with Gasteiger partial charge in [-0.1, -0.05) is 104 Å². The van der Waals surface area contributed by atoms with Crippen molar-refractivity contribution in [1.82, 2.24) is 0 Å². The first-order valence-corrected chi connectivity index (χ1v) is 11.0. The lowest BCUT2D eigenvalue weighted by molar-refractivity contribution is -0.145. The molecule has 0 aromatic rings. The van der Waals surface area contributed by atoms with Gasteiger partial charge in [0.05, 0.1) is 6.61 Å². The molecule has 0 amide bonds. The lowest BCUT2D eigenvalue weighted by atomic mass is 10.0. The van der Waals surface area contributed by atoms with Gasteiger partial charge in [-0.25, -0.2) is 0 Å². The van der Waals surface area contributed by atoms with Crippen LogP contribution in [0.4, 0.5) is 0 Å². The second-order valence-corrected chi connectivity index (χ2v) is 8.00. The van der Waals surface area contributed by atoms with Crippen molar-refractivity contribution in [2.75, 3.05) is 6.61 Å². The predicted molar refractivity (Wildman–Crippen MR) is 109 cm³/mol. The fourth-order valence-electron chi connectivity index (χ4n) is 3.18. The van der Waals surface area contributed by atoms with Crippen LogP contribution < -0.4 is 5.73 Å².